The minimum absolute atomic E-state index is 0.0698. The first-order chi connectivity index (χ1) is 10.1. The predicted molar refractivity (Wildman–Crippen MR) is 85.7 cm³/mol. The van der Waals surface area contributed by atoms with E-state index in [-0.39, 0.29) is 17.8 Å². The standard InChI is InChI=1S/C17H26N2O2/c1-4-6-7-13-8-9-15(20)17-14(13)11-16(21)19(17)12(3)18-10-5-2/h8-9,12,18,20H,4-7,10-11H2,1-3H3. The molecule has 4 nitrogen and oxygen atoms in total. The SMILES string of the molecule is CCCCc1ccc(O)c2c1CC(=O)N2C(C)NCCC. The fourth-order valence-electron chi connectivity index (χ4n) is 2.95. The molecule has 0 saturated heterocycles. The zero-order valence-corrected chi connectivity index (χ0v) is 13.3. The van der Waals surface area contributed by atoms with Crippen molar-refractivity contribution in [1.29, 1.82) is 0 Å². The van der Waals surface area contributed by atoms with Crippen LogP contribution in [0.5, 0.6) is 5.75 Å². The van der Waals surface area contributed by atoms with Crippen molar-refractivity contribution in [2.45, 2.75) is 59.0 Å². The number of rotatable bonds is 7. The molecule has 2 N–H and O–H groups in total. The summed E-state index contributed by atoms with van der Waals surface area (Å²) in [6.07, 6.45) is 4.53. The van der Waals surface area contributed by atoms with Crippen LogP contribution < -0.4 is 10.2 Å². The number of hydrogen-bond donors (Lipinski definition) is 2. The average molecular weight is 290 g/mol. The van der Waals surface area contributed by atoms with Gasteiger partial charge in [-0.1, -0.05) is 26.3 Å². The second-order valence-corrected chi connectivity index (χ2v) is 5.75. The van der Waals surface area contributed by atoms with Crippen LogP contribution in [0.4, 0.5) is 5.69 Å². The molecule has 0 saturated carbocycles. The summed E-state index contributed by atoms with van der Waals surface area (Å²) in [4.78, 5) is 14.1. The number of aromatic hydroxyl groups is 1. The average Bonchev–Trinajstić information content (AvgIpc) is 2.82. The van der Waals surface area contributed by atoms with Gasteiger partial charge in [0.2, 0.25) is 5.91 Å². The van der Waals surface area contributed by atoms with Gasteiger partial charge in [0, 0.05) is 0 Å². The Morgan fingerprint density at radius 3 is 2.76 bits per heavy atom. The lowest BCUT2D eigenvalue weighted by Crippen LogP contribution is -2.45. The Morgan fingerprint density at radius 1 is 1.33 bits per heavy atom. The fraction of sp³-hybridized carbons (Fsp3) is 0.588. The van der Waals surface area contributed by atoms with Gasteiger partial charge in [-0.2, -0.15) is 0 Å². The second-order valence-electron chi connectivity index (χ2n) is 5.75. The highest BCUT2D eigenvalue weighted by molar-refractivity contribution is 6.04. The largest absolute Gasteiger partial charge is 0.506 e. The van der Waals surface area contributed by atoms with Crippen LogP contribution in [0.25, 0.3) is 0 Å². The van der Waals surface area contributed by atoms with Gasteiger partial charge in [0.1, 0.15) is 5.75 Å². The lowest BCUT2D eigenvalue weighted by atomic mass is 9.99. The summed E-state index contributed by atoms with van der Waals surface area (Å²) in [7, 11) is 0. The molecule has 1 heterocycles. The van der Waals surface area contributed by atoms with E-state index in [4.69, 9.17) is 0 Å². The quantitative estimate of drug-likeness (QED) is 0.811. The smallest absolute Gasteiger partial charge is 0.232 e. The third-order valence-electron chi connectivity index (χ3n) is 4.07. The van der Waals surface area contributed by atoms with E-state index in [1.165, 1.54) is 5.56 Å². The van der Waals surface area contributed by atoms with Gasteiger partial charge in [0.15, 0.2) is 0 Å². The Bertz CT molecular complexity index is 514. The summed E-state index contributed by atoms with van der Waals surface area (Å²) < 4.78 is 0. The van der Waals surface area contributed by atoms with Crippen molar-refractivity contribution >= 4 is 11.6 Å². The van der Waals surface area contributed by atoms with Gasteiger partial charge in [0.25, 0.3) is 0 Å². The Morgan fingerprint density at radius 2 is 2.10 bits per heavy atom. The molecule has 1 aromatic carbocycles. The van der Waals surface area contributed by atoms with Crippen molar-refractivity contribution in [3.05, 3.63) is 23.3 Å². The lowest BCUT2D eigenvalue weighted by molar-refractivity contribution is -0.117. The van der Waals surface area contributed by atoms with Crippen molar-refractivity contribution in [1.82, 2.24) is 5.32 Å². The monoisotopic (exact) mass is 290 g/mol. The molecule has 1 aromatic rings. The molecule has 1 aliphatic heterocycles. The first-order valence-electron chi connectivity index (χ1n) is 7.99. The van der Waals surface area contributed by atoms with E-state index in [1.54, 1.807) is 11.0 Å². The molecule has 4 heteroatoms. The third kappa shape index (κ3) is 3.21. The molecule has 1 atom stereocenters. The molecule has 1 unspecified atom stereocenters. The summed E-state index contributed by atoms with van der Waals surface area (Å²) in [5.41, 5.74) is 2.92. The molecule has 116 valence electrons. The van der Waals surface area contributed by atoms with Crippen LogP contribution >= 0.6 is 0 Å². The molecule has 2 rings (SSSR count). The molecule has 1 aliphatic rings. The number of carbonyl (C=O) groups excluding carboxylic acids is 1. The summed E-state index contributed by atoms with van der Waals surface area (Å²) in [6.45, 7) is 7.09. The number of carbonyl (C=O) groups is 1. The normalized spacial score (nSPS) is 15.4. The van der Waals surface area contributed by atoms with E-state index < -0.39 is 0 Å². The molecule has 0 radical (unpaired) electrons. The molecule has 0 aromatic heterocycles. The third-order valence-corrected chi connectivity index (χ3v) is 4.07. The highest BCUT2D eigenvalue weighted by atomic mass is 16.3. The maximum Gasteiger partial charge on any atom is 0.232 e. The molecule has 0 spiro atoms. The molecule has 0 aliphatic carbocycles. The van der Waals surface area contributed by atoms with E-state index in [9.17, 15) is 9.90 Å². The van der Waals surface area contributed by atoms with Crippen molar-refractivity contribution < 1.29 is 9.90 Å². The molecular weight excluding hydrogens is 264 g/mol. The summed E-state index contributed by atoms with van der Waals surface area (Å²) in [6, 6.07) is 3.69. The van der Waals surface area contributed by atoms with Crippen molar-refractivity contribution in [2.75, 3.05) is 11.4 Å². The zero-order chi connectivity index (χ0) is 15.4. The Labute approximate surface area is 127 Å². The Hall–Kier alpha value is -1.55. The number of phenols is 1. The van der Waals surface area contributed by atoms with Crippen molar-refractivity contribution in [3.63, 3.8) is 0 Å². The minimum atomic E-state index is -0.0916. The first-order valence-corrected chi connectivity index (χ1v) is 7.99. The van der Waals surface area contributed by atoms with E-state index in [2.05, 4.69) is 19.2 Å². The zero-order valence-electron chi connectivity index (χ0n) is 13.3. The van der Waals surface area contributed by atoms with Crippen LogP contribution in [0, 0.1) is 0 Å². The Balaban J connectivity index is 2.32. The van der Waals surface area contributed by atoms with Crippen LogP contribution in [0.3, 0.4) is 0 Å². The number of anilines is 1. The maximum absolute atomic E-state index is 12.4. The van der Waals surface area contributed by atoms with Crippen LogP contribution in [0.1, 0.15) is 51.2 Å². The number of fused-ring (bicyclic) bond motifs is 1. The van der Waals surface area contributed by atoms with E-state index in [0.717, 1.165) is 37.8 Å². The van der Waals surface area contributed by atoms with E-state index in [0.29, 0.717) is 12.1 Å². The molecule has 0 bridgehead atoms. The minimum Gasteiger partial charge on any atom is -0.506 e. The van der Waals surface area contributed by atoms with Gasteiger partial charge in [-0.25, -0.2) is 0 Å². The number of phenolic OH excluding ortho intramolecular Hbond substituents is 1. The molecule has 0 fully saturated rings. The highest BCUT2D eigenvalue weighted by Crippen LogP contribution is 2.40. The summed E-state index contributed by atoms with van der Waals surface area (Å²) >= 11 is 0. The van der Waals surface area contributed by atoms with Gasteiger partial charge in [-0.15, -0.1) is 0 Å². The van der Waals surface area contributed by atoms with E-state index >= 15 is 0 Å². The van der Waals surface area contributed by atoms with Crippen molar-refractivity contribution in [2.24, 2.45) is 0 Å². The number of amides is 1. The fourth-order valence-corrected chi connectivity index (χ4v) is 2.95. The van der Waals surface area contributed by atoms with Gasteiger partial charge in [0.05, 0.1) is 18.3 Å². The van der Waals surface area contributed by atoms with Crippen LogP contribution in [0.15, 0.2) is 12.1 Å². The number of nitrogens with one attached hydrogen (secondary N) is 1. The molecule has 1 amide bonds. The van der Waals surface area contributed by atoms with Gasteiger partial charge >= 0.3 is 0 Å². The molecule has 21 heavy (non-hydrogen) atoms. The maximum atomic E-state index is 12.4. The lowest BCUT2D eigenvalue weighted by Gasteiger charge is -2.27. The number of nitrogens with zero attached hydrogens (tertiary/aromatic N) is 1. The summed E-state index contributed by atoms with van der Waals surface area (Å²) in [5, 5.41) is 13.6. The number of benzene rings is 1. The number of aryl methyl sites for hydroxylation is 1. The second kappa shape index (κ2) is 6.94. The van der Waals surface area contributed by atoms with Crippen LogP contribution in [-0.4, -0.2) is 23.7 Å². The topological polar surface area (TPSA) is 52.6 Å². The van der Waals surface area contributed by atoms with Gasteiger partial charge in [-0.3, -0.25) is 15.0 Å². The van der Waals surface area contributed by atoms with Crippen LogP contribution in [-0.2, 0) is 17.6 Å². The summed E-state index contributed by atoms with van der Waals surface area (Å²) in [5.74, 6) is 0.279. The Kier molecular flexibility index (Phi) is 5.23. The van der Waals surface area contributed by atoms with Crippen molar-refractivity contribution in [3.8, 4) is 5.75 Å². The number of hydrogen-bond acceptors (Lipinski definition) is 3. The van der Waals surface area contributed by atoms with Gasteiger partial charge < -0.3 is 5.11 Å². The number of unbranched alkanes of at least 4 members (excludes halogenated alkanes) is 1. The van der Waals surface area contributed by atoms with Gasteiger partial charge in [-0.05, 0) is 49.9 Å². The first kappa shape index (κ1) is 15.8. The molecular formula is C17H26N2O2. The van der Waals surface area contributed by atoms with Crippen LogP contribution in [0.2, 0.25) is 0 Å². The highest BCUT2D eigenvalue weighted by Gasteiger charge is 2.34. The predicted octanol–water partition coefficient (Wildman–Crippen LogP) is 2.97. The van der Waals surface area contributed by atoms with E-state index in [1.807, 2.05) is 13.0 Å².